The highest BCUT2D eigenvalue weighted by atomic mass is 32.2. The molecule has 3 aromatic rings. The highest BCUT2D eigenvalue weighted by Crippen LogP contribution is 2.25. The van der Waals surface area contributed by atoms with Gasteiger partial charge < -0.3 is 9.64 Å². The van der Waals surface area contributed by atoms with Crippen LogP contribution in [0.2, 0.25) is 0 Å². The molecule has 0 saturated heterocycles. The molecule has 0 N–H and O–H groups in total. The van der Waals surface area contributed by atoms with Crippen LogP contribution in [0, 0.1) is 0 Å². The topological polar surface area (TPSA) is 88.4 Å². The van der Waals surface area contributed by atoms with E-state index in [0.717, 1.165) is 37.9 Å². The van der Waals surface area contributed by atoms with Gasteiger partial charge in [-0.25, -0.2) is 13.2 Å². The summed E-state index contributed by atoms with van der Waals surface area (Å²) in [5.41, 5.74) is 2.37. The van der Waals surface area contributed by atoms with E-state index in [9.17, 15) is 13.2 Å². The lowest BCUT2D eigenvalue weighted by atomic mass is 10.2. The molecular weight excluding hydrogens is 474 g/mol. The number of sulfone groups is 1. The number of benzene rings is 3. The molecule has 0 atom stereocenters. The maximum atomic E-state index is 12.7. The summed E-state index contributed by atoms with van der Waals surface area (Å²) < 4.78 is 30.4. The van der Waals surface area contributed by atoms with Crippen molar-refractivity contribution in [1.82, 2.24) is 0 Å². The van der Waals surface area contributed by atoms with Crippen molar-refractivity contribution in [3.63, 3.8) is 0 Å². The van der Waals surface area contributed by atoms with Crippen LogP contribution >= 0.6 is 0 Å². The van der Waals surface area contributed by atoms with Crippen LogP contribution in [0.1, 0.15) is 25.7 Å². The summed E-state index contributed by atoms with van der Waals surface area (Å²) in [5, 5.41) is 8.49. The Bertz CT molecular complexity index is 1260. The number of nitrogens with zero attached hydrogens (tertiary/aromatic N) is 3. The average molecular weight is 506 g/mol. The smallest absolute Gasteiger partial charge is 0.330 e. The molecule has 0 bridgehead atoms. The molecule has 8 heteroatoms. The summed E-state index contributed by atoms with van der Waals surface area (Å²) in [4.78, 5) is 13.7. The van der Waals surface area contributed by atoms with E-state index in [2.05, 4.69) is 21.7 Å². The molecule has 0 fully saturated rings. The van der Waals surface area contributed by atoms with E-state index < -0.39 is 9.84 Å². The molecule has 0 heterocycles. The normalized spacial score (nSPS) is 11.4. The van der Waals surface area contributed by atoms with Gasteiger partial charge >= 0.3 is 5.97 Å². The fourth-order valence-electron chi connectivity index (χ4n) is 3.48. The Morgan fingerprint density at radius 3 is 2.00 bits per heavy atom. The highest BCUT2D eigenvalue weighted by molar-refractivity contribution is 7.91. The van der Waals surface area contributed by atoms with Crippen LogP contribution in [-0.4, -0.2) is 34.6 Å². The third kappa shape index (κ3) is 7.88. The molecule has 188 valence electrons. The second kappa shape index (κ2) is 13.3. The quantitative estimate of drug-likeness (QED) is 0.112. The van der Waals surface area contributed by atoms with Gasteiger partial charge in [-0.2, -0.15) is 10.2 Å². The Hall–Kier alpha value is -3.78. The van der Waals surface area contributed by atoms with Crippen molar-refractivity contribution >= 4 is 32.9 Å². The Morgan fingerprint density at radius 2 is 1.39 bits per heavy atom. The van der Waals surface area contributed by atoms with Crippen molar-refractivity contribution in [3.8, 4) is 0 Å². The van der Waals surface area contributed by atoms with Crippen molar-refractivity contribution in [1.29, 1.82) is 0 Å². The summed E-state index contributed by atoms with van der Waals surface area (Å²) in [6.07, 6.45) is 5.16. The van der Waals surface area contributed by atoms with Crippen LogP contribution in [0.3, 0.4) is 0 Å². The van der Waals surface area contributed by atoms with E-state index in [4.69, 9.17) is 4.74 Å². The van der Waals surface area contributed by atoms with Gasteiger partial charge in [-0.1, -0.05) is 31.2 Å². The standard InChI is InChI=1S/C28H31N3O4S/c1-3-28(32)35-22-10-5-4-9-21-31(2)25-17-13-23(14-18-25)29-30-24-15-19-27(20-16-24)36(33,34)26-11-7-6-8-12-26/h3,6-8,11-20H,1,4-5,9-10,21-22H2,2H3/b30-29+. The molecule has 3 aromatic carbocycles. The second-order valence-electron chi connectivity index (χ2n) is 8.23. The monoisotopic (exact) mass is 505 g/mol. The fraction of sp³-hybridized carbons (Fsp3) is 0.250. The van der Waals surface area contributed by atoms with Gasteiger partial charge in [0.1, 0.15) is 0 Å². The van der Waals surface area contributed by atoms with Gasteiger partial charge in [0.2, 0.25) is 9.84 Å². The average Bonchev–Trinajstić information content (AvgIpc) is 2.92. The molecule has 0 aliphatic carbocycles. The van der Waals surface area contributed by atoms with Crippen molar-refractivity contribution in [2.45, 2.75) is 35.5 Å². The van der Waals surface area contributed by atoms with Gasteiger partial charge in [-0.05, 0) is 79.9 Å². The van der Waals surface area contributed by atoms with Gasteiger partial charge in [0.25, 0.3) is 0 Å². The third-order valence-corrected chi connectivity index (χ3v) is 7.36. The van der Waals surface area contributed by atoms with Crippen molar-refractivity contribution < 1.29 is 17.9 Å². The molecule has 0 aliphatic rings. The van der Waals surface area contributed by atoms with Gasteiger partial charge in [-0.3, -0.25) is 0 Å². The van der Waals surface area contributed by atoms with E-state index in [-0.39, 0.29) is 15.8 Å². The Balaban J connectivity index is 1.47. The molecule has 36 heavy (non-hydrogen) atoms. The van der Waals surface area contributed by atoms with Gasteiger partial charge in [0.15, 0.2) is 0 Å². The van der Waals surface area contributed by atoms with E-state index >= 15 is 0 Å². The lowest BCUT2D eigenvalue weighted by molar-refractivity contribution is -0.137. The van der Waals surface area contributed by atoms with Gasteiger partial charge in [-0.15, -0.1) is 0 Å². The number of azo groups is 1. The number of hydrogen-bond donors (Lipinski definition) is 0. The maximum Gasteiger partial charge on any atom is 0.330 e. The summed E-state index contributed by atoms with van der Waals surface area (Å²) in [7, 11) is -1.50. The zero-order valence-corrected chi connectivity index (χ0v) is 21.2. The Morgan fingerprint density at radius 1 is 0.833 bits per heavy atom. The van der Waals surface area contributed by atoms with Crippen molar-refractivity contribution in [2.75, 3.05) is 25.1 Å². The molecular formula is C28H31N3O4S. The minimum atomic E-state index is -3.55. The predicted octanol–water partition coefficient (Wildman–Crippen LogP) is 6.66. The summed E-state index contributed by atoms with van der Waals surface area (Å²) in [6.45, 7) is 4.74. The van der Waals surface area contributed by atoms with Gasteiger partial charge in [0, 0.05) is 25.4 Å². The number of esters is 1. The first kappa shape index (κ1) is 26.8. The van der Waals surface area contributed by atoms with E-state index in [1.54, 1.807) is 54.6 Å². The minimum absolute atomic E-state index is 0.219. The molecule has 0 aromatic heterocycles. The third-order valence-electron chi connectivity index (χ3n) is 5.57. The molecule has 0 saturated carbocycles. The summed E-state index contributed by atoms with van der Waals surface area (Å²) >= 11 is 0. The Labute approximate surface area is 213 Å². The first-order valence-corrected chi connectivity index (χ1v) is 13.3. The lowest BCUT2D eigenvalue weighted by Crippen LogP contribution is -2.18. The van der Waals surface area contributed by atoms with Gasteiger partial charge in [0.05, 0.1) is 27.8 Å². The van der Waals surface area contributed by atoms with Crippen molar-refractivity contribution in [3.05, 3.63) is 91.5 Å². The lowest BCUT2D eigenvalue weighted by Gasteiger charge is -2.19. The number of rotatable bonds is 13. The Kier molecular flexibility index (Phi) is 9.94. The number of anilines is 1. The predicted molar refractivity (Wildman–Crippen MR) is 142 cm³/mol. The zero-order valence-electron chi connectivity index (χ0n) is 20.4. The number of ether oxygens (including phenoxy) is 1. The largest absolute Gasteiger partial charge is 0.463 e. The molecule has 0 aliphatic heterocycles. The number of unbranched alkanes of at least 4 members (excludes halogenated alkanes) is 3. The van der Waals surface area contributed by atoms with Crippen molar-refractivity contribution in [2.24, 2.45) is 10.2 Å². The SMILES string of the molecule is C=CC(=O)OCCCCCCN(C)c1ccc(/N=N/c2ccc(S(=O)(=O)c3ccccc3)cc2)cc1. The van der Waals surface area contributed by atoms with Crippen LogP contribution in [0.15, 0.2) is 112 Å². The van der Waals surface area contributed by atoms with E-state index in [1.165, 1.54) is 6.08 Å². The minimum Gasteiger partial charge on any atom is -0.463 e. The molecule has 0 spiro atoms. The van der Waals surface area contributed by atoms with E-state index in [0.29, 0.717) is 18.0 Å². The van der Waals surface area contributed by atoms with E-state index in [1.807, 2.05) is 31.3 Å². The van der Waals surface area contributed by atoms with Crippen LogP contribution in [0.5, 0.6) is 0 Å². The van der Waals surface area contributed by atoms with Crippen LogP contribution in [-0.2, 0) is 19.4 Å². The van der Waals surface area contributed by atoms with Crippen LogP contribution in [0.4, 0.5) is 17.1 Å². The zero-order chi connectivity index (χ0) is 25.8. The fourth-order valence-corrected chi connectivity index (χ4v) is 4.76. The second-order valence-corrected chi connectivity index (χ2v) is 10.2. The number of carbonyl (C=O) groups is 1. The molecule has 0 amide bonds. The first-order valence-electron chi connectivity index (χ1n) is 11.8. The molecule has 7 nitrogen and oxygen atoms in total. The molecule has 0 unspecified atom stereocenters. The summed E-state index contributed by atoms with van der Waals surface area (Å²) in [5.74, 6) is -0.370. The summed E-state index contributed by atoms with van der Waals surface area (Å²) in [6, 6.07) is 22.5. The number of hydrogen-bond acceptors (Lipinski definition) is 7. The first-order chi connectivity index (χ1) is 17.4. The van der Waals surface area contributed by atoms with Crippen LogP contribution < -0.4 is 4.90 Å². The highest BCUT2D eigenvalue weighted by Gasteiger charge is 2.16. The number of carbonyl (C=O) groups excluding carboxylic acids is 1. The molecule has 3 rings (SSSR count). The van der Waals surface area contributed by atoms with Crippen LogP contribution in [0.25, 0.3) is 0 Å². The maximum absolute atomic E-state index is 12.7. The molecule has 0 radical (unpaired) electrons.